The van der Waals surface area contributed by atoms with Crippen molar-refractivity contribution in [2.75, 3.05) is 13.2 Å². The fraction of sp³-hybridized carbons (Fsp3) is 0.867. The van der Waals surface area contributed by atoms with Crippen molar-refractivity contribution in [1.29, 1.82) is 0 Å². The number of nitrogens with one attached hydrogen (secondary N) is 1. The summed E-state index contributed by atoms with van der Waals surface area (Å²) in [5, 5.41) is 21.0. The topological polar surface area (TPSA) is 86.6 Å². The second kappa shape index (κ2) is 8.95. The van der Waals surface area contributed by atoms with Crippen LogP contribution < -0.4 is 5.32 Å². The first-order valence-electron chi connectivity index (χ1n) is 7.72. The van der Waals surface area contributed by atoms with Crippen LogP contribution in [0.1, 0.15) is 64.2 Å². The minimum atomic E-state index is -0.855. The van der Waals surface area contributed by atoms with Gasteiger partial charge in [0.25, 0.3) is 0 Å². The lowest BCUT2D eigenvalue weighted by atomic mass is 9.77. The second-order valence-corrected chi connectivity index (χ2v) is 5.81. The number of aliphatic hydroxyl groups excluding tert-OH is 1. The van der Waals surface area contributed by atoms with Crippen molar-refractivity contribution < 1.29 is 19.8 Å². The van der Waals surface area contributed by atoms with E-state index in [1.54, 1.807) is 0 Å². The molecule has 1 rings (SSSR count). The summed E-state index contributed by atoms with van der Waals surface area (Å²) in [5.74, 6) is -0.979. The Kier molecular flexibility index (Phi) is 7.59. The van der Waals surface area contributed by atoms with Crippen LogP contribution in [0, 0.1) is 5.41 Å². The zero-order valence-corrected chi connectivity index (χ0v) is 12.2. The highest BCUT2D eigenvalue weighted by Gasteiger charge is 2.40. The molecule has 0 atom stereocenters. The molecule has 0 unspecified atom stereocenters. The van der Waals surface area contributed by atoms with Crippen LogP contribution in [0.2, 0.25) is 0 Å². The maximum Gasteiger partial charge on any atom is 0.310 e. The van der Waals surface area contributed by atoms with Gasteiger partial charge >= 0.3 is 5.97 Å². The second-order valence-electron chi connectivity index (χ2n) is 5.81. The van der Waals surface area contributed by atoms with Gasteiger partial charge in [0.15, 0.2) is 0 Å². The molecule has 0 aliphatic heterocycles. The van der Waals surface area contributed by atoms with E-state index < -0.39 is 11.4 Å². The molecule has 1 aliphatic rings. The molecule has 0 spiro atoms. The average Bonchev–Trinajstić information content (AvgIpc) is 2.65. The van der Waals surface area contributed by atoms with Crippen molar-refractivity contribution >= 4 is 11.9 Å². The summed E-state index contributed by atoms with van der Waals surface area (Å²) in [5.41, 5.74) is -0.855. The van der Waals surface area contributed by atoms with E-state index in [1.807, 2.05) is 0 Å². The summed E-state index contributed by atoms with van der Waals surface area (Å²) < 4.78 is 0. The number of carboxylic acid groups (broad SMARTS) is 1. The molecular weight excluding hydrogens is 258 g/mol. The highest BCUT2D eigenvalue weighted by Crippen LogP contribution is 2.38. The number of hydrogen-bond donors (Lipinski definition) is 3. The van der Waals surface area contributed by atoms with Crippen LogP contribution in [-0.2, 0) is 9.59 Å². The average molecular weight is 285 g/mol. The van der Waals surface area contributed by atoms with E-state index in [2.05, 4.69) is 5.32 Å². The Morgan fingerprint density at radius 3 is 2.20 bits per heavy atom. The number of carbonyl (C=O) groups excluding carboxylic acids is 1. The molecule has 5 heteroatoms. The molecule has 3 N–H and O–H groups in total. The van der Waals surface area contributed by atoms with Crippen LogP contribution in [-0.4, -0.2) is 35.2 Å². The molecule has 1 fully saturated rings. The fourth-order valence-corrected chi connectivity index (χ4v) is 2.88. The third-order valence-corrected chi connectivity index (χ3v) is 4.17. The molecule has 0 aromatic rings. The molecule has 0 bridgehead atoms. The number of carboxylic acids is 1. The molecule has 0 saturated heterocycles. The van der Waals surface area contributed by atoms with Crippen LogP contribution in [0.15, 0.2) is 0 Å². The normalized spacial score (nSPS) is 18.2. The van der Waals surface area contributed by atoms with Gasteiger partial charge < -0.3 is 15.5 Å². The van der Waals surface area contributed by atoms with Gasteiger partial charge in [0.1, 0.15) is 0 Å². The number of rotatable bonds is 8. The van der Waals surface area contributed by atoms with Crippen LogP contribution in [0.4, 0.5) is 0 Å². The van der Waals surface area contributed by atoms with Crippen LogP contribution in [0.3, 0.4) is 0 Å². The molecule has 1 saturated carbocycles. The Labute approximate surface area is 120 Å². The van der Waals surface area contributed by atoms with Crippen LogP contribution >= 0.6 is 0 Å². The van der Waals surface area contributed by atoms with Gasteiger partial charge in [0.2, 0.25) is 5.91 Å². The predicted molar refractivity (Wildman–Crippen MR) is 76.3 cm³/mol. The van der Waals surface area contributed by atoms with E-state index >= 15 is 0 Å². The van der Waals surface area contributed by atoms with E-state index in [1.165, 1.54) is 0 Å². The SMILES string of the molecule is O=C(CC1(C(=O)O)CCCCCC1)NCCCCCO. The highest BCUT2D eigenvalue weighted by atomic mass is 16.4. The largest absolute Gasteiger partial charge is 0.481 e. The van der Waals surface area contributed by atoms with Gasteiger partial charge in [-0.05, 0) is 32.1 Å². The van der Waals surface area contributed by atoms with Gasteiger partial charge in [-0.15, -0.1) is 0 Å². The zero-order chi connectivity index (χ0) is 14.8. The first-order chi connectivity index (χ1) is 9.60. The maximum atomic E-state index is 11.9. The number of aliphatic hydroxyl groups is 1. The van der Waals surface area contributed by atoms with Crippen molar-refractivity contribution in [2.45, 2.75) is 64.2 Å². The molecule has 20 heavy (non-hydrogen) atoms. The number of unbranched alkanes of at least 4 members (excludes halogenated alkanes) is 2. The van der Waals surface area contributed by atoms with Gasteiger partial charge in [-0.1, -0.05) is 25.7 Å². The van der Waals surface area contributed by atoms with E-state index in [-0.39, 0.29) is 18.9 Å². The first kappa shape index (κ1) is 17.0. The summed E-state index contributed by atoms with van der Waals surface area (Å²) in [6.45, 7) is 0.741. The van der Waals surface area contributed by atoms with E-state index in [4.69, 9.17) is 5.11 Å². The molecule has 116 valence electrons. The Bertz CT molecular complexity index is 309. The van der Waals surface area contributed by atoms with Crippen molar-refractivity contribution in [3.05, 3.63) is 0 Å². The Morgan fingerprint density at radius 2 is 1.65 bits per heavy atom. The van der Waals surface area contributed by atoms with Crippen LogP contribution in [0.25, 0.3) is 0 Å². The number of carbonyl (C=O) groups is 2. The minimum Gasteiger partial charge on any atom is -0.481 e. The van der Waals surface area contributed by atoms with Crippen molar-refractivity contribution in [3.63, 3.8) is 0 Å². The standard InChI is InChI=1S/C15H27NO4/c17-11-7-3-6-10-16-13(18)12-15(14(19)20)8-4-1-2-5-9-15/h17H,1-12H2,(H,16,18)(H,19,20). The maximum absolute atomic E-state index is 11.9. The summed E-state index contributed by atoms with van der Waals surface area (Å²) in [7, 11) is 0. The van der Waals surface area contributed by atoms with Crippen molar-refractivity contribution in [2.24, 2.45) is 5.41 Å². The van der Waals surface area contributed by atoms with Gasteiger partial charge in [-0.2, -0.15) is 0 Å². The third-order valence-electron chi connectivity index (χ3n) is 4.17. The Hall–Kier alpha value is -1.10. The highest BCUT2D eigenvalue weighted by molar-refractivity contribution is 5.85. The first-order valence-corrected chi connectivity index (χ1v) is 7.72. The van der Waals surface area contributed by atoms with Crippen LogP contribution in [0.5, 0.6) is 0 Å². The molecule has 1 aliphatic carbocycles. The smallest absolute Gasteiger partial charge is 0.310 e. The number of hydrogen-bond acceptors (Lipinski definition) is 3. The number of aliphatic carboxylic acids is 1. The zero-order valence-electron chi connectivity index (χ0n) is 12.2. The van der Waals surface area contributed by atoms with Gasteiger partial charge in [0.05, 0.1) is 5.41 Å². The molecule has 5 nitrogen and oxygen atoms in total. The van der Waals surface area contributed by atoms with Gasteiger partial charge in [-0.3, -0.25) is 9.59 Å². The summed E-state index contributed by atoms with van der Waals surface area (Å²) in [6, 6.07) is 0. The van der Waals surface area contributed by atoms with Gasteiger partial charge in [0, 0.05) is 19.6 Å². The lowest BCUT2D eigenvalue weighted by molar-refractivity contribution is -0.152. The lowest BCUT2D eigenvalue weighted by Crippen LogP contribution is -2.37. The fourth-order valence-electron chi connectivity index (χ4n) is 2.88. The molecule has 0 aromatic carbocycles. The summed E-state index contributed by atoms with van der Waals surface area (Å²) >= 11 is 0. The molecule has 0 radical (unpaired) electrons. The summed E-state index contributed by atoms with van der Waals surface area (Å²) in [6.07, 6.45) is 7.70. The monoisotopic (exact) mass is 285 g/mol. The Balaban J connectivity index is 2.40. The number of amides is 1. The molecular formula is C15H27NO4. The third kappa shape index (κ3) is 5.49. The quantitative estimate of drug-likeness (QED) is 0.471. The molecule has 0 heterocycles. The van der Waals surface area contributed by atoms with E-state index in [0.29, 0.717) is 19.4 Å². The predicted octanol–water partition coefficient (Wildman–Crippen LogP) is 2.08. The molecule has 1 amide bonds. The van der Waals surface area contributed by atoms with Crippen molar-refractivity contribution in [3.8, 4) is 0 Å². The van der Waals surface area contributed by atoms with E-state index in [0.717, 1.165) is 44.9 Å². The summed E-state index contributed by atoms with van der Waals surface area (Å²) in [4.78, 5) is 23.5. The lowest BCUT2D eigenvalue weighted by Gasteiger charge is -2.27. The molecule has 0 aromatic heterocycles. The van der Waals surface area contributed by atoms with Crippen molar-refractivity contribution in [1.82, 2.24) is 5.32 Å². The minimum absolute atomic E-state index is 0.0995. The van der Waals surface area contributed by atoms with E-state index in [9.17, 15) is 14.7 Å². The van der Waals surface area contributed by atoms with Gasteiger partial charge in [-0.25, -0.2) is 0 Å². The Morgan fingerprint density at radius 1 is 1.00 bits per heavy atom.